The molecule has 0 atom stereocenters. The van der Waals surface area contributed by atoms with Gasteiger partial charge in [0.1, 0.15) is 30.2 Å². The molecule has 0 saturated heterocycles. The molecule has 1 aromatic heterocycles. The van der Waals surface area contributed by atoms with Crippen LogP contribution in [0, 0.1) is 20.8 Å². The van der Waals surface area contributed by atoms with Crippen LogP contribution in [-0.2, 0) is 4.74 Å². The number of aryl methyl sites for hydroxylation is 3. The van der Waals surface area contributed by atoms with E-state index in [0.717, 1.165) is 33.5 Å². The van der Waals surface area contributed by atoms with Gasteiger partial charge in [-0.1, -0.05) is 35.9 Å². The Morgan fingerprint density at radius 1 is 0.808 bits per heavy atom. The van der Waals surface area contributed by atoms with Crippen molar-refractivity contribution in [1.82, 2.24) is 4.98 Å². The summed E-state index contributed by atoms with van der Waals surface area (Å²) in [7, 11) is 0. The molecule has 0 fully saturated rings. The second-order valence-electron chi connectivity index (χ2n) is 6.37. The van der Waals surface area contributed by atoms with E-state index in [1.807, 2.05) is 30.3 Å². The maximum absolute atomic E-state index is 5.87. The lowest BCUT2D eigenvalue weighted by Gasteiger charge is -2.13. The summed E-state index contributed by atoms with van der Waals surface area (Å²) < 4.78 is 17.3. The highest BCUT2D eigenvalue weighted by atomic mass is 16.5. The molecule has 1 heterocycles. The van der Waals surface area contributed by atoms with E-state index in [0.29, 0.717) is 26.4 Å². The van der Waals surface area contributed by atoms with Crippen molar-refractivity contribution in [2.24, 2.45) is 0 Å². The van der Waals surface area contributed by atoms with E-state index >= 15 is 0 Å². The summed E-state index contributed by atoms with van der Waals surface area (Å²) in [6, 6.07) is 14.1. The maximum Gasteiger partial charge on any atom is 0.145 e. The summed E-state index contributed by atoms with van der Waals surface area (Å²) in [6.45, 7) is 8.30. The van der Waals surface area contributed by atoms with Crippen molar-refractivity contribution in [3.05, 3.63) is 65.4 Å². The third-order valence-corrected chi connectivity index (χ3v) is 4.16. The van der Waals surface area contributed by atoms with E-state index in [9.17, 15) is 0 Å². The molecule has 26 heavy (non-hydrogen) atoms. The van der Waals surface area contributed by atoms with Gasteiger partial charge in [0.05, 0.1) is 13.2 Å². The fourth-order valence-electron chi connectivity index (χ4n) is 3.10. The number of pyridine rings is 1. The second-order valence-corrected chi connectivity index (χ2v) is 6.37. The van der Waals surface area contributed by atoms with E-state index in [4.69, 9.17) is 14.2 Å². The zero-order valence-electron chi connectivity index (χ0n) is 15.6. The molecule has 3 aromatic rings. The Morgan fingerprint density at radius 2 is 1.50 bits per heavy atom. The SMILES string of the molecule is Cc1cc(C)c(OCCOCCOc2cccc3cccnc23)c(C)c1. The summed E-state index contributed by atoms with van der Waals surface area (Å²) in [4.78, 5) is 4.38. The zero-order valence-corrected chi connectivity index (χ0v) is 15.6. The Balaban J connectivity index is 1.40. The molecule has 0 radical (unpaired) electrons. The van der Waals surface area contributed by atoms with Gasteiger partial charge in [0.15, 0.2) is 0 Å². The summed E-state index contributed by atoms with van der Waals surface area (Å²) >= 11 is 0. The monoisotopic (exact) mass is 351 g/mol. The van der Waals surface area contributed by atoms with Crippen molar-refractivity contribution in [3.63, 3.8) is 0 Å². The van der Waals surface area contributed by atoms with Gasteiger partial charge in [0.25, 0.3) is 0 Å². The molecule has 0 spiro atoms. The minimum atomic E-state index is 0.484. The molecule has 0 N–H and O–H groups in total. The third kappa shape index (κ3) is 4.52. The molecule has 0 aliphatic carbocycles. The van der Waals surface area contributed by atoms with Crippen LogP contribution in [0.3, 0.4) is 0 Å². The first-order valence-electron chi connectivity index (χ1n) is 8.90. The lowest BCUT2D eigenvalue weighted by Crippen LogP contribution is -2.13. The first kappa shape index (κ1) is 18.2. The predicted octanol–water partition coefficient (Wildman–Crippen LogP) is 4.63. The molecule has 0 amide bonds. The van der Waals surface area contributed by atoms with Crippen LogP contribution in [0.1, 0.15) is 16.7 Å². The highest BCUT2D eigenvalue weighted by molar-refractivity contribution is 5.84. The number of hydrogen-bond acceptors (Lipinski definition) is 4. The summed E-state index contributed by atoms with van der Waals surface area (Å²) in [5.41, 5.74) is 4.45. The Bertz CT molecular complexity index is 848. The Kier molecular flexibility index (Phi) is 6.08. The van der Waals surface area contributed by atoms with Gasteiger partial charge in [0.2, 0.25) is 0 Å². The number of hydrogen-bond donors (Lipinski definition) is 0. The molecule has 0 unspecified atom stereocenters. The van der Waals surface area contributed by atoms with Crippen LogP contribution in [0.15, 0.2) is 48.7 Å². The molecule has 4 heteroatoms. The smallest absolute Gasteiger partial charge is 0.145 e. The largest absolute Gasteiger partial charge is 0.491 e. The van der Waals surface area contributed by atoms with E-state index in [-0.39, 0.29) is 0 Å². The maximum atomic E-state index is 5.87. The summed E-state index contributed by atoms with van der Waals surface area (Å²) in [5, 5.41) is 1.07. The molecule has 0 aliphatic heterocycles. The molecular weight excluding hydrogens is 326 g/mol. The third-order valence-electron chi connectivity index (χ3n) is 4.16. The Morgan fingerprint density at radius 3 is 2.27 bits per heavy atom. The normalized spacial score (nSPS) is 10.9. The number of aromatic nitrogens is 1. The van der Waals surface area contributed by atoms with Crippen LogP contribution in [0.2, 0.25) is 0 Å². The van der Waals surface area contributed by atoms with Gasteiger partial charge < -0.3 is 14.2 Å². The van der Waals surface area contributed by atoms with Gasteiger partial charge in [-0.25, -0.2) is 0 Å². The number of benzene rings is 2. The van der Waals surface area contributed by atoms with Gasteiger partial charge in [-0.2, -0.15) is 0 Å². The van der Waals surface area contributed by atoms with Gasteiger partial charge in [0, 0.05) is 11.6 Å². The number of para-hydroxylation sites is 1. The van der Waals surface area contributed by atoms with Gasteiger partial charge >= 0.3 is 0 Å². The van der Waals surface area contributed by atoms with Crippen LogP contribution >= 0.6 is 0 Å². The standard InChI is InChI=1S/C22H25NO3/c1-16-14-17(2)22(18(3)15-16)26-13-11-24-10-12-25-20-8-4-6-19-7-5-9-23-21(19)20/h4-9,14-15H,10-13H2,1-3H3. The van der Waals surface area contributed by atoms with Crippen LogP contribution in [-0.4, -0.2) is 31.4 Å². The number of rotatable bonds is 8. The molecule has 136 valence electrons. The molecule has 0 saturated carbocycles. The van der Waals surface area contributed by atoms with Crippen molar-refractivity contribution >= 4 is 10.9 Å². The topological polar surface area (TPSA) is 40.6 Å². The second kappa shape index (κ2) is 8.68. The van der Waals surface area contributed by atoms with E-state index in [1.54, 1.807) is 6.20 Å². The fourth-order valence-corrected chi connectivity index (χ4v) is 3.10. The molecule has 3 rings (SSSR count). The van der Waals surface area contributed by atoms with E-state index in [2.05, 4.69) is 37.9 Å². The first-order chi connectivity index (χ1) is 12.6. The first-order valence-corrected chi connectivity index (χ1v) is 8.90. The van der Waals surface area contributed by atoms with Crippen molar-refractivity contribution in [1.29, 1.82) is 0 Å². The predicted molar refractivity (Wildman–Crippen MR) is 104 cm³/mol. The number of fused-ring (bicyclic) bond motifs is 1. The lowest BCUT2D eigenvalue weighted by atomic mass is 10.1. The molecular formula is C22H25NO3. The Labute approximate surface area is 154 Å². The van der Waals surface area contributed by atoms with Crippen LogP contribution in [0.5, 0.6) is 11.5 Å². The van der Waals surface area contributed by atoms with Gasteiger partial charge in [-0.05, 0) is 44.0 Å². The zero-order chi connectivity index (χ0) is 18.4. The molecule has 4 nitrogen and oxygen atoms in total. The number of ether oxygens (including phenoxy) is 3. The minimum absolute atomic E-state index is 0.484. The average Bonchev–Trinajstić information content (AvgIpc) is 2.62. The molecule has 0 aliphatic rings. The van der Waals surface area contributed by atoms with Crippen LogP contribution in [0.25, 0.3) is 10.9 Å². The quantitative estimate of drug-likeness (QED) is 0.555. The van der Waals surface area contributed by atoms with Crippen LogP contribution in [0.4, 0.5) is 0 Å². The van der Waals surface area contributed by atoms with Crippen molar-refractivity contribution in [2.45, 2.75) is 20.8 Å². The lowest BCUT2D eigenvalue weighted by molar-refractivity contribution is 0.0764. The fraction of sp³-hybridized carbons (Fsp3) is 0.318. The summed E-state index contributed by atoms with van der Waals surface area (Å²) in [6.07, 6.45) is 1.78. The molecule has 0 bridgehead atoms. The highest BCUT2D eigenvalue weighted by Gasteiger charge is 2.05. The van der Waals surface area contributed by atoms with E-state index in [1.165, 1.54) is 5.56 Å². The van der Waals surface area contributed by atoms with Crippen molar-refractivity contribution in [2.75, 3.05) is 26.4 Å². The Hall–Kier alpha value is -2.59. The van der Waals surface area contributed by atoms with Crippen LogP contribution < -0.4 is 9.47 Å². The average molecular weight is 351 g/mol. The summed E-state index contributed by atoms with van der Waals surface area (Å²) in [5.74, 6) is 1.74. The minimum Gasteiger partial charge on any atom is -0.491 e. The van der Waals surface area contributed by atoms with Gasteiger partial charge in [-0.3, -0.25) is 4.98 Å². The van der Waals surface area contributed by atoms with Gasteiger partial charge in [-0.15, -0.1) is 0 Å². The highest BCUT2D eigenvalue weighted by Crippen LogP contribution is 2.24. The number of nitrogens with zero attached hydrogens (tertiary/aromatic N) is 1. The molecule has 2 aromatic carbocycles. The van der Waals surface area contributed by atoms with Crippen molar-refractivity contribution < 1.29 is 14.2 Å². The van der Waals surface area contributed by atoms with E-state index < -0.39 is 0 Å². The van der Waals surface area contributed by atoms with Crippen molar-refractivity contribution in [3.8, 4) is 11.5 Å².